The van der Waals surface area contributed by atoms with Gasteiger partial charge in [-0.05, 0) is 34.6 Å². The number of carbonyl (C=O) groups is 1. The molecule has 0 bridgehead atoms. The lowest BCUT2D eigenvalue weighted by molar-refractivity contribution is -0.947. The van der Waals surface area contributed by atoms with E-state index in [1.165, 1.54) is 0 Å². The molecule has 1 rings (SSSR count). The van der Waals surface area contributed by atoms with Crippen LogP contribution in [0.3, 0.4) is 0 Å². The van der Waals surface area contributed by atoms with Gasteiger partial charge in [-0.1, -0.05) is 0 Å². The molecule has 1 amide bonds. The van der Waals surface area contributed by atoms with Crippen molar-refractivity contribution < 1.29 is 14.4 Å². The third-order valence-corrected chi connectivity index (χ3v) is 3.70. The van der Waals surface area contributed by atoms with Crippen LogP contribution in [0.4, 0.5) is 4.79 Å². The van der Waals surface area contributed by atoms with E-state index < -0.39 is 6.09 Å². The molecule has 0 radical (unpaired) electrons. The lowest BCUT2D eigenvalue weighted by atomic mass is 9.92. The standard InChI is InChI=1S/C11H22N2O2/c1-8-6-12-7-9(2)13(8,10(14)15)11(3,4)5/h8-9,12H,6-7H2,1-5H3/p+1/t8-,9+,13?. The molecule has 0 aliphatic carbocycles. The average molecular weight is 215 g/mol. The maximum atomic E-state index is 11.7. The van der Waals surface area contributed by atoms with E-state index in [1.54, 1.807) is 0 Å². The predicted molar refractivity (Wildman–Crippen MR) is 59.8 cm³/mol. The van der Waals surface area contributed by atoms with E-state index in [1.807, 2.05) is 34.6 Å². The van der Waals surface area contributed by atoms with E-state index in [0.717, 1.165) is 13.1 Å². The first kappa shape index (κ1) is 12.5. The van der Waals surface area contributed by atoms with Crippen molar-refractivity contribution >= 4 is 6.09 Å². The highest BCUT2D eigenvalue weighted by Gasteiger charge is 2.56. The van der Waals surface area contributed by atoms with E-state index in [9.17, 15) is 9.90 Å². The van der Waals surface area contributed by atoms with Crippen molar-refractivity contribution in [1.29, 1.82) is 0 Å². The van der Waals surface area contributed by atoms with Crippen LogP contribution in [0, 0.1) is 0 Å². The fourth-order valence-electron chi connectivity index (χ4n) is 3.21. The fourth-order valence-corrected chi connectivity index (χ4v) is 3.21. The number of carboxylic acid groups (broad SMARTS) is 1. The third kappa shape index (κ3) is 1.66. The molecular weight excluding hydrogens is 192 g/mol. The summed E-state index contributed by atoms with van der Waals surface area (Å²) in [5, 5.41) is 12.9. The summed E-state index contributed by atoms with van der Waals surface area (Å²) in [7, 11) is 0. The zero-order chi connectivity index (χ0) is 11.9. The summed E-state index contributed by atoms with van der Waals surface area (Å²) in [4.78, 5) is 11.7. The minimum Gasteiger partial charge on any atom is -0.435 e. The quantitative estimate of drug-likeness (QED) is 0.604. The first-order chi connectivity index (χ1) is 6.74. The molecular formula is C11H23N2O2+. The predicted octanol–water partition coefficient (Wildman–Crippen LogP) is 1.66. The van der Waals surface area contributed by atoms with Gasteiger partial charge in [0, 0.05) is 13.1 Å². The fraction of sp³-hybridized carbons (Fsp3) is 0.909. The Hall–Kier alpha value is -0.610. The van der Waals surface area contributed by atoms with Gasteiger partial charge in [0.25, 0.3) is 0 Å². The molecule has 3 atom stereocenters. The van der Waals surface area contributed by atoms with E-state index in [4.69, 9.17) is 0 Å². The van der Waals surface area contributed by atoms with Gasteiger partial charge >= 0.3 is 6.09 Å². The van der Waals surface area contributed by atoms with Crippen molar-refractivity contribution in [3.05, 3.63) is 0 Å². The summed E-state index contributed by atoms with van der Waals surface area (Å²) in [5.74, 6) is 0. The number of nitrogens with one attached hydrogen (secondary N) is 1. The van der Waals surface area contributed by atoms with Crippen LogP contribution in [-0.4, -0.2) is 46.4 Å². The summed E-state index contributed by atoms with van der Waals surface area (Å²) < 4.78 is 0.153. The van der Waals surface area contributed by atoms with Crippen LogP contribution in [0.1, 0.15) is 34.6 Å². The summed E-state index contributed by atoms with van der Waals surface area (Å²) in [5.41, 5.74) is -0.271. The summed E-state index contributed by atoms with van der Waals surface area (Å²) in [6.45, 7) is 11.6. The van der Waals surface area contributed by atoms with Gasteiger partial charge < -0.3 is 10.4 Å². The zero-order valence-electron chi connectivity index (χ0n) is 10.4. The number of rotatable bonds is 0. The van der Waals surface area contributed by atoms with Gasteiger partial charge in [0.05, 0.1) is 0 Å². The Morgan fingerprint density at radius 2 is 1.67 bits per heavy atom. The number of quaternary nitrogens is 1. The van der Waals surface area contributed by atoms with Crippen LogP contribution in [-0.2, 0) is 0 Å². The first-order valence-electron chi connectivity index (χ1n) is 5.57. The Kier molecular flexibility index (Phi) is 3.12. The van der Waals surface area contributed by atoms with Crippen LogP contribution < -0.4 is 5.32 Å². The Morgan fingerprint density at radius 1 is 1.27 bits per heavy atom. The third-order valence-electron chi connectivity index (χ3n) is 3.70. The van der Waals surface area contributed by atoms with E-state index in [-0.39, 0.29) is 22.1 Å². The van der Waals surface area contributed by atoms with Crippen molar-refractivity contribution in [2.75, 3.05) is 13.1 Å². The number of hydrogen-bond donors (Lipinski definition) is 2. The molecule has 0 aromatic rings. The molecule has 4 heteroatoms. The van der Waals surface area contributed by atoms with Gasteiger partial charge in [0.15, 0.2) is 0 Å². The monoisotopic (exact) mass is 215 g/mol. The van der Waals surface area contributed by atoms with Crippen molar-refractivity contribution in [1.82, 2.24) is 5.32 Å². The largest absolute Gasteiger partial charge is 0.514 e. The molecule has 0 aromatic carbocycles. The first-order valence-corrected chi connectivity index (χ1v) is 5.57. The number of hydrogen-bond acceptors (Lipinski definition) is 2. The average Bonchev–Trinajstić information content (AvgIpc) is 2.00. The number of amides is 1. The molecule has 1 saturated heterocycles. The molecule has 1 heterocycles. The highest BCUT2D eigenvalue weighted by atomic mass is 16.4. The van der Waals surface area contributed by atoms with Crippen molar-refractivity contribution in [3.63, 3.8) is 0 Å². The Bertz CT molecular complexity index is 248. The molecule has 0 aromatic heterocycles. The van der Waals surface area contributed by atoms with Gasteiger partial charge in [-0.15, -0.1) is 0 Å². The molecule has 0 saturated carbocycles. The van der Waals surface area contributed by atoms with Crippen molar-refractivity contribution in [2.24, 2.45) is 0 Å². The van der Waals surface area contributed by atoms with Crippen molar-refractivity contribution in [3.8, 4) is 0 Å². The van der Waals surface area contributed by atoms with Crippen molar-refractivity contribution in [2.45, 2.75) is 52.2 Å². The zero-order valence-corrected chi connectivity index (χ0v) is 10.4. The SMILES string of the molecule is C[C@@H]1CNC[C@H](C)[N+]1(C(=O)O)C(C)(C)C. The van der Waals surface area contributed by atoms with E-state index >= 15 is 0 Å². The van der Waals surface area contributed by atoms with Gasteiger partial charge in [-0.3, -0.25) is 0 Å². The van der Waals surface area contributed by atoms with Gasteiger partial charge in [0.1, 0.15) is 17.6 Å². The lowest BCUT2D eigenvalue weighted by Gasteiger charge is -2.53. The molecule has 88 valence electrons. The minimum absolute atomic E-state index is 0.103. The summed E-state index contributed by atoms with van der Waals surface area (Å²) in [6, 6.07) is 0.206. The minimum atomic E-state index is -0.705. The van der Waals surface area contributed by atoms with Crippen LogP contribution >= 0.6 is 0 Å². The van der Waals surface area contributed by atoms with Gasteiger partial charge in [-0.2, -0.15) is 4.79 Å². The maximum Gasteiger partial charge on any atom is 0.514 e. The smallest absolute Gasteiger partial charge is 0.435 e. The van der Waals surface area contributed by atoms with Crippen LogP contribution in [0.2, 0.25) is 0 Å². The lowest BCUT2D eigenvalue weighted by Crippen LogP contribution is -2.77. The second kappa shape index (κ2) is 3.76. The molecule has 0 spiro atoms. The maximum absolute atomic E-state index is 11.7. The van der Waals surface area contributed by atoms with Gasteiger partial charge in [-0.25, -0.2) is 4.48 Å². The Morgan fingerprint density at radius 3 is 1.87 bits per heavy atom. The summed E-state index contributed by atoms with van der Waals surface area (Å²) in [6.07, 6.45) is -0.705. The number of nitrogens with zero attached hydrogens (tertiary/aromatic N) is 1. The normalized spacial score (nSPS) is 37.7. The molecule has 2 N–H and O–H groups in total. The van der Waals surface area contributed by atoms with Crippen LogP contribution in [0.15, 0.2) is 0 Å². The molecule has 1 aliphatic rings. The molecule has 15 heavy (non-hydrogen) atoms. The molecule has 1 unspecified atom stereocenters. The molecule has 1 aliphatic heterocycles. The Labute approximate surface area is 91.9 Å². The van der Waals surface area contributed by atoms with Crippen LogP contribution in [0.5, 0.6) is 0 Å². The van der Waals surface area contributed by atoms with E-state index in [0.29, 0.717) is 0 Å². The second-order valence-electron chi connectivity index (χ2n) is 5.59. The Balaban J connectivity index is 3.23. The highest BCUT2D eigenvalue weighted by Crippen LogP contribution is 2.34. The topological polar surface area (TPSA) is 49.3 Å². The van der Waals surface area contributed by atoms with E-state index in [2.05, 4.69) is 5.32 Å². The molecule has 1 fully saturated rings. The van der Waals surface area contributed by atoms with Crippen LogP contribution in [0.25, 0.3) is 0 Å². The molecule has 4 nitrogen and oxygen atoms in total. The summed E-state index contributed by atoms with van der Waals surface area (Å²) >= 11 is 0. The second-order valence-corrected chi connectivity index (χ2v) is 5.59. The van der Waals surface area contributed by atoms with Gasteiger partial charge in [0.2, 0.25) is 0 Å². The number of piperazine rings is 1. The highest BCUT2D eigenvalue weighted by molar-refractivity contribution is 5.58.